The maximum atomic E-state index is 13.4. The zero-order valence-electron chi connectivity index (χ0n) is 21.3. The lowest BCUT2D eigenvalue weighted by Crippen LogP contribution is -2.39. The number of nitrogens with zero attached hydrogens (tertiary/aromatic N) is 1. The van der Waals surface area contributed by atoms with Crippen molar-refractivity contribution < 1.29 is 19.1 Å². The number of hydrogen-bond donors (Lipinski definition) is 0. The largest absolute Gasteiger partial charge is 0.490 e. The smallest absolute Gasteiger partial charge is 0.161 e. The van der Waals surface area contributed by atoms with Crippen LogP contribution in [0.15, 0.2) is 71.1 Å². The molecule has 0 saturated carbocycles. The highest BCUT2D eigenvalue weighted by molar-refractivity contribution is 6.06. The molecule has 2 aliphatic carbocycles. The van der Waals surface area contributed by atoms with Gasteiger partial charge in [0, 0.05) is 47.8 Å². The van der Waals surface area contributed by atoms with Gasteiger partial charge in [-0.25, -0.2) is 0 Å². The van der Waals surface area contributed by atoms with Crippen LogP contribution in [0.25, 0.3) is 0 Å². The number of allylic oxidation sites excluding steroid dienone is 4. The molecule has 5 nitrogen and oxygen atoms in total. The van der Waals surface area contributed by atoms with Crippen LogP contribution in [0.1, 0.15) is 75.8 Å². The number of hydrogen-bond acceptors (Lipinski definition) is 5. The van der Waals surface area contributed by atoms with E-state index in [1.807, 2.05) is 55.5 Å². The summed E-state index contributed by atoms with van der Waals surface area (Å²) in [6, 6.07) is 16.0. The fraction of sp³-hybridized carbons (Fsp3) is 0.419. The van der Waals surface area contributed by atoms with Crippen molar-refractivity contribution in [3.05, 3.63) is 82.2 Å². The topological polar surface area (TPSA) is 55.8 Å². The molecule has 1 aliphatic heterocycles. The number of ether oxygens (including phenoxy) is 2. The van der Waals surface area contributed by atoms with Crippen molar-refractivity contribution in [2.45, 2.75) is 71.3 Å². The molecule has 0 unspecified atom stereocenters. The Labute approximate surface area is 213 Å². The second-order valence-electron chi connectivity index (χ2n) is 9.77. The van der Waals surface area contributed by atoms with Crippen molar-refractivity contribution in [1.82, 2.24) is 4.90 Å². The summed E-state index contributed by atoms with van der Waals surface area (Å²) in [5.74, 6) is 1.34. The van der Waals surface area contributed by atoms with Crippen LogP contribution in [-0.2, 0) is 16.2 Å². The summed E-state index contributed by atoms with van der Waals surface area (Å²) < 4.78 is 12.1. The summed E-state index contributed by atoms with van der Waals surface area (Å²) >= 11 is 0. The van der Waals surface area contributed by atoms with E-state index in [9.17, 15) is 9.59 Å². The molecule has 0 fully saturated rings. The third kappa shape index (κ3) is 4.59. The summed E-state index contributed by atoms with van der Waals surface area (Å²) in [6.45, 7) is 5.90. The van der Waals surface area contributed by atoms with E-state index in [1.165, 1.54) is 0 Å². The molecule has 2 aromatic carbocycles. The summed E-state index contributed by atoms with van der Waals surface area (Å²) in [5.41, 5.74) is 5.93. The molecule has 0 spiro atoms. The molecule has 188 valence electrons. The lowest BCUT2D eigenvalue weighted by Gasteiger charge is -2.44. The van der Waals surface area contributed by atoms with Gasteiger partial charge in [0.15, 0.2) is 23.1 Å². The van der Waals surface area contributed by atoms with Gasteiger partial charge in [0.25, 0.3) is 0 Å². The molecule has 5 heteroatoms. The first-order valence-corrected chi connectivity index (χ1v) is 13.4. The molecule has 2 aromatic rings. The number of carbonyl (C=O) groups excluding carboxylic acids is 2. The molecule has 1 heterocycles. The average molecular weight is 486 g/mol. The highest BCUT2D eigenvalue weighted by Gasteiger charge is 2.43. The Balaban J connectivity index is 1.58. The molecule has 0 amide bonds. The van der Waals surface area contributed by atoms with Crippen LogP contribution in [0.5, 0.6) is 11.5 Å². The highest BCUT2D eigenvalue weighted by Crippen LogP contribution is 2.50. The number of ketones is 2. The Bertz CT molecular complexity index is 1170. The van der Waals surface area contributed by atoms with Crippen LogP contribution >= 0.6 is 0 Å². The molecule has 3 aliphatic rings. The van der Waals surface area contributed by atoms with Gasteiger partial charge in [0.2, 0.25) is 0 Å². The highest BCUT2D eigenvalue weighted by atomic mass is 16.5. The second kappa shape index (κ2) is 10.7. The molecule has 5 rings (SSSR count). The van der Waals surface area contributed by atoms with Crippen molar-refractivity contribution in [1.29, 1.82) is 0 Å². The maximum Gasteiger partial charge on any atom is 0.161 e. The van der Waals surface area contributed by atoms with E-state index in [0.717, 1.165) is 72.3 Å². The normalized spacial score (nSPS) is 18.3. The minimum absolute atomic E-state index is 0.176. The van der Waals surface area contributed by atoms with Gasteiger partial charge < -0.3 is 14.4 Å². The Morgan fingerprint density at radius 2 is 1.47 bits per heavy atom. The van der Waals surface area contributed by atoms with Crippen LogP contribution < -0.4 is 9.47 Å². The Hall–Kier alpha value is -3.34. The van der Waals surface area contributed by atoms with Gasteiger partial charge in [-0.15, -0.1) is 0 Å². The fourth-order valence-corrected chi connectivity index (χ4v) is 5.87. The van der Waals surface area contributed by atoms with E-state index in [1.54, 1.807) is 0 Å². The molecule has 0 saturated heterocycles. The molecule has 0 bridgehead atoms. The van der Waals surface area contributed by atoms with Gasteiger partial charge in [-0.2, -0.15) is 0 Å². The first-order valence-electron chi connectivity index (χ1n) is 13.4. The third-order valence-electron chi connectivity index (χ3n) is 7.37. The lowest BCUT2D eigenvalue weighted by atomic mass is 9.71. The Kier molecular flexibility index (Phi) is 7.26. The molecular formula is C31H35NO4. The van der Waals surface area contributed by atoms with E-state index in [4.69, 9.17) is 9.47 Å². The number of benzene rings is 2. The summed E-state index contributed by atoms with van der Waals surface area (Å²) in [5, 5.41) is 0. The number of rotatable bonds is 8. The first-order chi connectivity index (χ1) is 17.6. The van der Waals surface area contributed by atoms with Gasteiger partial charge in [-0.1, -0.05) is 43.3 Å². The monoisotopic (exact) mass is 485 g/mol. The van der Waals surface area contributed by atoms with Crippen molar-refractivity contribution >= 4 is 11.6 Å². The minimum atomic E-state index is -0.328. The third-order valence-corrected chi connectivity index (χ3v) is 7.37. The van der Waals surface area contributed by atoms with Crippen molar-refractivity contribution in [3.8, 4) is 11.5 Å². The second-order valence-corrected chi connectivity index (χ2v) is 9.77. The standard InChI is InChI=1S/C31H35NO4/c1-3-18-32-23-12-8-14-25(33)30(23)29(31-24(32)13-9-15-26(31)34)22-16-17-27(28(19-22)35-4-2)36-20-21-10-6-5-7-11-21/h5-7,10-11,16-17,19,29H,3-4,8-9,12-15,18,20H2,1-2H3. The fourth-order valence-electron chi connectivity index (χ4n) is 5.87. The molecule has 0 N–H and O–H groups in total. The number of carbonyl (C=O) groups is 2. The van der Waals surface area contributed by atoms with Crippen LogP contribution in [0.2, 0.25) is 0 Å². The van der Waals surface area contributed by atoms with E-state index < -0.39 is 0 Å². The first kappa shape index (κ1) is 24.4. The maximum absolute atomic E-state index is 13.4. The van der Waals surface area contributed by atoms with Crippen LogP contribution in [0.4, 0.5) is 0 Å². The molecule has 0 aromatic heterocycles. The van der Waals surface area contributed by atoms with Crippen LogP contribution in [0.3, 0.4) is 0 Å². The van der Waals surface area contributed by atoms with Crippen molar-refractivity contribution in [3.63, 3.8) is 0 Å². The van der Waals surface area contributed by atoms with E-state index in [0.29, 0.717) is 37.6 Å². The SMILES string of the molecule is CCCN1C2=C(C(=O)CCC2)C(c2ccc(OCc3ccccc3)c(OCC)c2)C2=C1CCCC2=O. The van der Waals surface area contributed by atoms with E-state index >= 15 is 0 Å². The summed E-state index contributed by atoms with van der Waals surface area (Å²) in [6.07, 6.45) is 5.58. The molecule has 36 heavy (non-hydrogen) atoms. The molecule has 0 radical (unpaired) electrons. The predicted octanol–water partition coefficient (Wildman–Crippen LogP) is 6.49. The summed E-state index contributed by atoms with van der Waals surface area (Å²) in [7, 11) is 0. The van der Waals surface area contributed by atoms with Crippen LogP contribution in [0, 0.1) is 0 Å². The predicted molar refractivity (Wildman–Crippen MR) is 140 cm³/mol. The Morgan fingerprint density at radius 1 is 0.806 bits per heavy atom. The van der Waals surface area contributed by atoms with E-state index in [-0.39, 0.29) is 17.5 Å². The van der Waals surface area contributed by atoms with Gasteiger partial charge in [-0.3, -0.25) is 9.59 Å². The van der Waals surface area contributed by atoms with Gasteiger partial charge in [-0.05, 0) is 62.3 Å². The van der Waals surface area contributed by atoms with Gasteiger partial charge >= 0.3 is 0 Å². The number of Topliss-reactive ketones (excluding diaryl/α,β-unsaturated/α-hetero) is 2. The lowest BCUT2D eigenvalue weighted by molar-refractivity contribution is -0.117. The molecular weight excluding hydrogens is 450 g/mol. The van der Waals surface area contributed by atoms with Gasteiger partial charge in [0.1, 0.15) is 6.61 Å². The van der Waals surface area contributed by atoms with Crippen molar-refractivity contribution in [2.75, 3.05) is 13.2 Å². The summed E-state index contributed by atoms with van der Waals surface area (Å²) in [4.78, 5) is 29.1. The van der Waals surface area contributed by atoms with Crippen LogP contribution in [-0.4, -0.2) is 29.6 Å². The Morgan fingerprint density at radius 3 is 2.08 bits per heavy atom. The molecule has 0 atom stereocenters. The van der Waals surface area contributed by atoms with Gasteiger partial charge in [0.05, 0.1) is 6.61 Å². The average Bonchev–Trinajstić information content (AvgIpc) is 2.89. The van der Waals surface area contributed by atoms with Crippen molar-refractivity contribution in [2.24, 2.45) is 0 Å². The van der Waals surface area contributed by atoms with E-state index in [2.05, 4.69) is 11.8 Å². The quantitative estimate of drug-likeness (QED) is 0.428. The zero-order chi connectivity index (χ0) is 25.1. The minimum Gasteiger partial charge on any atom is -0.490 e. The zero-order valence-corrected chi connectivity index (χ0v) is 21.3.